The maximum Gasteiger partial charge on any atom is 0.408 e. The van der Waals surface area contributed by atoms with Crippen LogP contribution in [0.3, 0.4) is 0 Å². The molecule has 39 heavy (non-hydrogen) atoms. The van der Waals surface area contributed by atoms with Crippen molar-refractivity contribution in [2.75, 3.05) is 5.32 Å². The summed E-state index contributed by atoms with van der Waals surface area (Å²) in [4.78, 5) is 43.0. The van der Waals surface area contributed by atoms with Crippen LogP contribution in [0.15, 0.2) is 36.4 Å². The molecular weight excluding hydrogens is 514 g/mol. The van der Waals surface area contributed by atoms with Crippen molar-refractivity contribution < 1.29 is 19.1 Å². The van der Waals surface area contributed by atoms with Gasteiger partial charge in [-0.05, 0) is 82.6 Å². The van der Waals surface area contributed by atoms with Gasteiger partial charge in [0.15, 0.2) is 0 Å². The lowest BCUT2D eigenvalue weighted by molar-refractivity contribution is -0.142. The van der Waals surface area contributed by atoms with E-state index in [2.05, 4.69) is 17.6 Å². The summed E-state index contributed by atoms with van der Waals surface area (Å²) in [5, 5.41) is 6.23. The van der Waals surface area contributed by atoms with Gasteiger partial charge in [0.1, 0.15) is 17.7 Å². The summed E-state index contributed by atoms with van der Waals surface area (Å²) in [6.45, 7) is 16.9. The molecule has 2 aromatic rings. The number of nitrogens with one attached hydrogen (secondary N) is 2. The van der Waals surface area contributed by atoms with Crippen LogP contribution in [0.4, 0.5) is 10.5 Å². The fraction of sp³-hybridized carbons (Fsp3) is 0.516. The number of benzene rings is 2. The number of aryl methyl sites for hydroxylation is 3. The Labute approximate surface area is 237 Å². The van der Waals surface area contributed by atoms with E-state index in [0.29, 0.717) is 10.7 Å². The summed E-state index contributed by atoms with van der Waals surface area (Å²) in [6, 6.07) is 9.37. The van der Waals surface area contributed by atoms with Gasteiger partial charge in [0, 0.05) is 6.04 Å². The average Bonchev–Trinajstić information content (AvgIpc) is 3.53. The second kappa shape index (κ2) is 12.0. The fourth-order valence-electron chi connectivity index (χ4n) is 4.73. The number of halogens is 1. The molecule has 0 spiro atoms. The monoisotopic (exact) mass is 555 g/mol. The lowest BCUT2D eigenvalue weighted by Crippen LogP contribution is -2.55. The molecular formula is C31H42ClN3O4. The zero-order valence-electron chi connectivity index (χ0n) is 24.5. The second-order valence-corrected chi connectivity index (χ2v) is 12.5. The molecule has 8 heteroatoms. The van der Waals surface area contributed by atoms with Crippen molar-refractivity contribution in [1.29, 1.82) is 0 Å². The summed E-state index contributed by atoms with van der Waals surface area (Å²) in [7, 11) is 0. The highest BCUT2D eigenvalue weighted by molar-refractivity contribution is 6.34. The number of nitrogens with zero attached hydrogens (tertiary/aromatic N) is 1. The SMILES string of the molecule is Cc1ccc(C)c(C(C(=O)Nc2c(C)cccc2Cl)N(C(=O)C(NC(=O)OC(C)(C)C)C(C)C)C2CC2C)c1. The number of amides is 3. The molecule has 2 N–H and O–H groups in total. The smallest absolute Gasteiger partial charge is 0.408 e. The molecule has 3 amide bonds. The number of carbonyl (C=O) groups excluding carboxylic acids is 3. The number of rotatable bonds is 8. The Kier molecular flexibility index (Phi) is 9.37. The van der Waals surface area contributed by atoms with Crippen molar-refractivity contribution in [3.63, 3.8) is 0 Å². The topological polar surface area (TPSA) is 87.7 Å². The van der Waals surface area contributed by atoms with Crippen LogP contribution in [0.2, 0.25) is 5.02 Å². The number of ether oxygens (including phenoxy) is 1. The standard InChI is InChI=1S/C31H42ClN3O4/c1-17(2)25(34-30(38)39-31(7,8)9)29(37)35(24-16-21(24)6)27(22-15-18(3)13-14-19(22)4)28(36)33-26-20(5)11-10-12-23(26)32/h10-15,17,21,24-25,27H,16H2,1-9H3,(H,33,36)(H,34,38). The van der Waals surface area contributed by atoms with Crippen LogP contribution in [-0.2, 0) is 14.3 Å². The molecule has 0 saturated heterocycles. The largest absolute Gasteiger partial charge is 0.444 e. The van der Waals surface area contributed by atoms with Crippen LogP contribution in [0, 0.1) is 32.6 Å². The molecule has 1 fully saturated rings. The molecule has 0 aromatic heterocycles. The predicted octanol–water partition coefficient (Wildman–Crippen LogP) is 6.73. The van der Waals surface area contributed by atoms with E-state index in [1.54, 1.807) is 31.7 Å². The number of alkyl carbamates (subject to hydrolysis) is 1. The quantitative estimate of drug-likeness (QED) is 0.378. The van der Waals surface area contributed by atoms with Crippen LogP contribution in [0.5, 0.6) is 0 Å². The number of para-hydroxylation sites is 1. The molecule has 212 valence electrons. The van der Waals surface area contributed by atoms with Gasteiger partial charge in [-0.15, -0.1) is 0 Å². The normalized spacial score (nSPS) is 18.2. The van der Waals surface area contributed by atoms with E-state index < -0.39 is 23.8 Å². The number of hydrogen-bond donors (Lipinski definition) is 2. The minimum Gasteiger partial charge on any atom is -0.444 e. The summed E-state index contributed by atoms with van der Waals surface area (Å²) in [5.41, 5.74) is 3.23. The van der Waals surface area contributed by atoms with Gasteiger partial charge < -0.3 is 20.3 Å². The van der Waals surface area contributed by atoms with E-state index in [1.165, 1.54) is 0 Å². The van der Waals surface area contributed by atoms with Crippen LogP contribution in [-0.4, -0.2) is 40.5 Å². The molecule has 1 saturated carbocycles. The first kappa shape index (κ1) is 30.5. The van der Waals surface area contributed by atoms with Gasteiger partial charge in [0.2, 0.25) is 5.91 Å². The van der Waals surface area contributed by atoms with E-state index in [4.69, 9.17) is 16.3 Å². The van der Waals surface area contributed by atoms with Crippen LogP contribution < -0.4 is 10.6 Å². The Balaban J connectivity index is 2.10. The molecule has 4 unspecified atom stereocenters. The molecule has 1 aliphatic rings. The van der Waals surface area contributed by atoms with Crippen molar-refractivity contribution >= 4 is 35.2 Å². The summed E-state index contributed by atoms with van der Waals surface area (Å²) >= 11 is 6.47. The molecule has 3 rings (SSSR count). The van der Waals surface area contributed by atoms with Gasteiger partial charge in [-0.1, -0.05) is 68.3 Å². The first-order valence-electron chi connectivity index (χ1n) is 13.6. The molecule has 0 bridgehead atoms. The van der Waals surface area contributed by atoms with Crippen LogP contribution in [0.1, 0.15) is 76.3 Å². The Morgan fingerprint density at radius 2 is 1.69 bits per heavy atom. The minimum absolute atomic E-state index is 0.151. The maximum atomic E-state index is 14.4. The fourth-order valence-corrected chi connectivity index (χ4v) is 5.00. The van der Waals surface area contributed by atoms with E-state index in [1.807, 2.05) is 65.0 Å². The Morgan fingerprint density at radius 1 is 1.05 bits per heavy atom. The highest BCUT2D eigenvalue weighted by atomic mass is 35.5. The Bertz CT molecular complexity index is 1220. The third kappa shape index (κ3) is 7.53. The number of hydrogen-bond acceptors (Lipinski definition) is 4. The zero-order valence-corrected chi connectivity index (χ0v) is 25.3. The van der Waals surface area contributed by atoms with Gasteiger partial charge >= 0.3 is 6.09 Å². The Hall–Kier alpha value is -3.06. The first-order chi connectivity index (χ1) is 18.1. The molecule has 2 aromatic carbocycles. The van der Waals surface area contributed by atoms with E-state index in [9.17, 15) is 14.4 Å². The third-order valence-electron chi connectivity index (χ3n) is 7.01. The van der Waals surface area contributed by atoms with Gasteiger partial charge in [0.05, 0.1) is 10.7 Å². The van der Waals surface area contributed by atoms with E-state index in [0.717, 1.165) is 28.7 Å². The lowest BCUT2D eigenvalue weighted by atomic mass is 9.94. The summed E-state index contributed by atoms with van der Waals surface area (Å²) in [6.07, 6.45) is 0.0979. The van der Waals surface area contributed by atoms with Gasteiger partial charge in [-0.2, -0.15) is 0 Å². The predicted molar refractivity (Wildman–Crippen MR) is 156 cm³/mol. The first-order valence-corrected chi connectivity index (χ1v) is 13.9. The lowest BCUT2D eigenvalue weighted by Gasteiger charge is -2.37. The molecule has 0 heterocycles. The van der Waals surface area contributed by atoms with E-state index >= 15 is 0 Å². The highest BCUT2D eigenvalue weighted by Crippen LogP contribution is 2.42. The minimum atomic E-state index is -0.926. The van der Waals surface area contributed by atoms with Gasteiger partial charge in [0.25, 0.3) is 5.91 Å². The second-order valence-electron chi connectivity index (χ2n) is 12.1. The van der Waals surface area contributed by atoms with Gasteiger partial charge in [-0.25, -0.2) is 4.79 Å². The molecule has 7 nitrogen and oxygen atoms in total. The van der Waals surface area contributed by atoms with Crippen LogP contribution >= 0.6 is 11.6 Å². The zero-order chi connectivity index (χ0) is 29.2. The molecule has 1 aliphatic carbocycles. The third-order valence-corrected chi connectivity index (χ3v) is 7.32. The summed E-state index contributed by atoms with van der Waals surface area (Å²) < 4.78 is 5.46. The maximum absolute atomic E-state index is 14.4. The molecule has 0 aliphatic heterocycles. The van der Waals surface area contributed by atoms with Crippen molar-refractivity contribution in [3.8, 4) is 0 Å². The van der Waals surface area contributed by atoms with Crippen molar-refractivity contribution in [1.82, 2.24) is 10.2 Å². The van der Waals surface area contributed by atoms with Crippen molar-refractivity contribution in [2.24, 2.45) is 11.8 Å². The van der Waals surface area contributed by atoms with Crippen molar-refractivity contribution in [2.45, 2.75) is 92.5 Å². The average molecular weight is 556 g/mol. The van der Waals surface area contributed by atoms with Gasteiger partial charge in [-0.3, -0.25) is 9.59 Å². The van der Waals surface area contributed by atoms with Crippen LogP contribution in [0.25, 0.3) is 0 Å². The van der Waals surface area contributed by atoms with E-state index in [-0.39, 0.29) is 29.7 Å². The van der Waals surface area contributed by atoms with Crippen molar-refractivity contribution in [3.05, 3.63) is 63.7 Å². The Morgan fingerprint density at radius 3 is 2.23 bits per heavy atom. The number of carbonyl (C=O) groups is 3. The highest BCUT2D eigenvalue weighted by Gasteiger charge is 2.49. The molecule has 0 radical (unpaired) electrons. The summed E-state index contributed by atoms with van der Waals surface area (Å²) in [5.74, 6) is -0.699. The molecule has 4 atom stereocenters. The number of anilines is 1.